The molecule has 0 aliphatic carbocycles. The normalized spacial score (nSPS) is 15.5. The molecule has 1 aromatic carbocycles. The molecule has 0 radical (unpaired) electrons. The summed E-state index contributed by atoms with van der Waals surface area (Å²) in [5.41, 5.74) is 0.223. The zero-order valence-electron chi connectivity index (χ0n) is 15.2. The van der Waals surface area contributed by atoms with E-state index in [-0.39, 0.29) is 12.1 Å². The first-order valence-electron chi connectivity index (χ1n) is 9.04. The highest BCUT2D eigenvalue weighted by Crippen LogP contribution is 2.30. The third-order valence-corrected chi connectivity index (χ3v) is 4.83. The Morgan fingerprint density at radius 1 is 1.14 bits per heavy atom. The Morgan fingerprint density at radius 3 is 2.55 bits per heavy atom. The van der Waals surface area contributed by atoms with E-state index in [1.807, 2.05) is 0 Å². The Morgan fingerprint density at radius 2 is 1.86 bits per heavy atom. The van der Waals surface area contributed by atoms with E-state index in [9.17, 15) is 18.0 Å². The molecule has 1 aliphatic heterocycles. The second-order valence-electron chi connectivity index (χ2n) is 6.77. The van der Waals surface area contributed by atoms with E-state index in [0.717, 1.165) is 17.5 Å². The van der Waals surface area contributed by atoms with Crippen molar-refractivity contribution in [2.75, 3.05) is 23.7 Å². The van der Waals surface area contributed by atoms with Crippen LogP contribution in [0.5, 0.6) is 0 Å². The van der Waals surface area contributed by atoms with Crippen LogP contribution in [-0.4, -0.2) is 50.2 Å². The van der Waals surface area contributed by atoms with Gasteiger partial charge in [-0.3, -0.25) is 5.10 Å². The van der Waals surface area contributed by atoms with Crippen LogP contribution in [0, 0.1) is 0 Å². The second-order valence-corrected chi connectivity index (χ2v) is 6.77. The van der Waals surface area contributed by atoms with E-state index in [4.69, 9.17) is 0 Å². The van der Waals surface area contributed by atoms with E-state index in [1.165, 1.54) is 18.5 Å². The molecule has 1 saturated heterocycles. The smallest absolute Gasteiger partial charge is 0.366 e. The number of hydrogen-bond donors (Lipinski definition) is 3. The molecule has 4 rings (SSSR count). The summed E-state index contributed by atoms with van der Waals surface area (Å²) in [6.07, 6.45) is 0.135. The first-order valence-corrected chi connectivity index (χ1v) is 9.04. The van der Waals surface area contributed by atoms with Crippen LogP contribution in [-0.2, 0) is 6.18 Å². The van der Waals surface area contributed by atoms with Crippen molar-refractivity contribution in [3.63, 3.8) is 0 Å². The van der Waals surface area contributed by atoms with E-state index in [0.29, 0.717) is 43.1 Å². The Labute approximate surface area is 163 Å². The van der Waals surface area contributed by atoms with Crippen molar-refractivity contribution in [2.45, 2.75) is 25.1 Å². The van der Waals surface area contributed by atoms with Gasteiger partial charge in [0.1, 0.15) is 12.1 Å². The van der Waals surface area contributed by atoms with Crippen molar-refractivity contribution >= 4 is 28.6 Å². The van der Waals surface area contributed by atoms with Crippen molar-refractivity contribution in [1.82, 2.24) is 25.1 Å². The maximum absolute atomic E-state index is 12.6. The maximum Gasteiger partial charge on any atom is 0.416 e. The van der Waals surface area contributed by atoms with Gasteiger partial charge >= 0.3 is 12.2 Å². The van der Waals surface area contributed by atoms with Gasteiger partial charge in [0.2, 0.25) is 0 Å². The zero-order chi connectivity index (χ0) is 20.4. The lowest BCUT2D eigenvalue weighted by Crippen LogP contribution is -2.44. The van der Waals surface area contributed by atoms with E-state index < -0.39 is 11.7 Å². The summed E-state index contributed by atoms with van der Waals surface area (Å²) in [7, 11) is 0. The molecule has 0 spiro atoms. The Bertz CT molecular complexity index is 995. The SMILES string of the molecule is O=C(Nc1ccc(C(F)(F)F)cc1)N1CCC(Nc2ncnc3[nH]ncc23)CC1. The van der Waals surface area contributed by atoms with Gasteiger partial charge in [-0.05, 0) is 37.1 Å². The number of hydrogen-bond acceptors (Lipinski definition) is 5. The molecular weight excluding hydrogens is 387 g/mol. The molecule has 3 aromatic rings. The van der Waals surface area contributed by atoms with Crippen molar-refractivity contribution in [2.24, 2.45) is 0 Å². The monoisotopic (exact) mass is 405 g/mol. The molecular formula is C18H18F3N7O. The number of H-pyrrole nitrogens is 1. The summed E-state index contributed by atoms with van der Waals surface area (Å²) < 4.78 is 37.9. The fourth-order valence-corrected chi connectivity index (χ4v) is 3.25. The number of anilines is 2. The van der Waals surface area contributed by atoms with E-state index >= 15 is 0 Å². The molecule has 2 amide bonds. The topological polar surface area (TPSA) is 98.8 Å². The summed E-state index contributed by atoms with van der Waals surface area (Å²) >= 11 is 0. The number of carbonyl (C=O) groups excluding carboxylic acids is 1. The molecule has 3 heterocycles. The molecule has 29 heavy (non-hydrogen) atoms. The number of likely N-dealkylation sites (tertiary alicyclic amines) is 1. The fraction of sp³-hybridized carbons (Fsp3) is 0.333. The summed E-state index contributed by atoms with van der Waals surface area (Å²) in [4.78, 5) is 22.4. The van der Waals surface area contributed by atoms with Gasteiger partial charge in [0.15, 0.2) is 5.65 Å². The molecule has 3 N–H and O–H groups in total. The van der Waals surface area contributed by atoms with E-state index in [2.05, 4.69) is 30.8 Å². The fourth-order valence-electron chi connectivity index (χ4n) is 3.25. The minimum atomic E-state index is -4.40. The summed E-state index contributed by atoms with van der Waals surface area (Å²) in [6.45, 7) is 1.04. The number of aromatic nitrogens is 4. The van der Waals surface area contributed by atoms with Crippen molar-refractivity contribution in [1.29, 1.82) is 0 Å². The quantitative estimate of drug-likeness (QED) is 0.620. The molecule has 1 aliphatic rings. The number of fused-ring (bicyclic) bond motifs is 1. The number of halogens is 3. The molecule has 8 nitrogen and oxygen atoms in total. The van der Waals surface area contributed by atoms with Crippen LogP contribution in [0.15, 0.2) is 36.8 Å². The largest absolute Gasteiger partial charge is 0.416 e. The Balaban J connectivity index is 1.31. The molecule has 11 heteroatoms. The lowest BCUT2D eigenvalue weighted by Gasteiger charge is -2.32. The number of piperidine rings is 1. The molecule has 1 fully saturated rings. The predicted molar refractivity (Wildman–Crippen MR) is 100 cm³/mol. The number of urea groups is 1. The van der Waals surface area contributed by atoms with Gasteiger partial charge in [0.05, 0.1) is 17.1 Å². The summed E-state index contributed by atoms with van der Waals surface area (Å²) in [5.74, 6) is 0.691. The van der Waals surface area contributed by atoms with Crippen LogP contribution < -0.4 is 10.6 Å². The van der Waals surface area contributed by atoms with Gasteiger partial charge < -0.3 is 15.5 Å². The van der Waals surface area contributed by atoms with Crippen LogP contribution in [0.1, 0.15) is 18.4 Å². The summed E-state index contributed by atoms with van der Waals surface area (Å²) in [5, 5.41) is 13.6. The van der Waals surface area contributed by atoms with Crippen LogP contribution in [0.4, 0.5) is 29.5 Å². The first kappa shape index (κ1) is 19.0. The van der Waals surface area contributed by atoms with Crippen LogP contribution in [0.25, 0.3) is 11.0 Å². The first-order chi connectivity index (χ1) is 13.9. The third-order valence-electron chi connectivity index (χ3n) is 4.83. The molecule has 2 aromatic heterocycles. The number of rotatable bonds is 3. The van der Waals surface area contributed by atoms with Crippen molar-refractivity contribution in [3.05, 3.63) is 42.4 Å². The molecule has 0 saturated carbocycles. The van der Waals surface area contributed by atoms with Crippen LogP contribution >= 0.6 is 0 Å². The van der Waals surface area contributed by atoms with Gasteiger partial charge in [0, 0.05) is 24.8 Å². The highest BCUT2D eigenvalue weighted by atomic mass is 19.4. The molecule has 0 bridgehead atoms. The minimum absolute atomic E-state index is 0.137. The van der Waals surface area contributed by atoms with Gasteiger partial charge in [-0.15, -0.1) is 0 Å². The molecule has 0 unspecified atom stereocenters. The highest BCUT2D eigenvalue weighted by Gasteiger charge is 2.30. The third kappa shape index (κ3) is 4.23. The van der Waals surface area contributed by atoms with Gasteiger partial charge in [0.25, 0.3) is 0 Å². The number of nitrogens with zero attached hydrogens (tertiary/aromatic N) is 4. The van der Waals surface area contributed by atoms with Crippen molar-refractivity contribution in [3.8, 4) is 0 Å². The average molecular weight is 405 g/mol. The number of alkyl halides is 3. The summed E-state index contributed by atoms with van der Waals surface area (Å²) in [6, 6.07) is 4.20. The maximum atomic E-state index is 12.6. The number of carbonyl (C=O) groups is 1. The second kappa shape index (κ2) is 7.57. The lowest BCUT2D eigenvalue weighted by molar-refractivity contribution is -0.137. The average Bonchev–Trinajstić information content (AvgIpc) is 3.18. The Kier molecular flexibility index (Phi) is 4.95. The van der Waals surface area contributed by atoms with Crippen LogP contribution in [0.2, 0.25) is 0 Å². The Hall–Kier alpha value is -3.37. The standard InChI is InChI=1S/C18H18F3N7O/c19-18(20,21)11-1-3-12(4-2-11)26-17(29)28-7-5-13(6-8-28)25-15-14-9-24-27-16(14)23-10-22-15/h1-4,9-10,13H,5-8H2,(H,26,29)(H2,22,23,24,25,27). The predicted octanol–water partition coefficient (Wildman–Crippen LogP) is 3.48. The number of aromatic amines is 1. The van der Waals surface area contributed by atoms with E-state index in [1.54, 1.807) is 11.1 Å². The molecule has 0 atom stereocenters. The number of amides is 2. The molecule has 152 valence electrons. The number of nitrogens with one attached hydrogen (secondary N) is 3. The van der Waals surface area contributed by atoms with Gasteiger partial charge in [-0.1, -0.05) is 0 Å². The number of benzene rings is 1. The van der Waals surface area contributed by atoms with Crippen LogP contribution in [0.3, 0.4) is 0 Å². The zero-order valence-corrected chi connectivity index (χ0v) is 15.2. The van der Waals surface area contributed by atoms with Gasteiger partial charge in [-0.2, -0.15) is 18.3 Å². The van der Waals surface area contributed by atoms with Gasteiger partial charge in [-0.25, -0.2) is 14.8 Å². The minimum Gasteiger partial charge on any atom is -0.366 e. The lowest BCUT2D eigenvalue weighted by atomic mass is 10.1. The highest BCUT2D eigenvalue weighted by molar-refractivity contribution is 5.89. The van der Waals surface area contributed by atoms with Crippen molar-refractivity contribution < 1.29 is 18.0 Å².